The molecular weight excluding hydrogens is 378 g/mol. The lowest BCUT2D eigenvalue weighted by atomic mass is 9.88. The summed E-state index contributed by atoms with van der Waals surface area (Å²) in [5, 5.41) is 3.12. The van der Waals surface area contributed by atoms with Gasteiger partial charge in [0.1, 0.15) is 0 Å². The van der Waals surface area contributed by atoms with E-state index >= 15 is 4.39 Å². The van der Waals surface area contributed by atoms with Crippen LogP contribution in [0.5, 0.6) is 0 Å². The van der Waals surface area contributed by atoms with E-state index < -0.39 is 22.9 Å². The maximum Gasteiger partial charge on any atom is 0.260 e. The molecule has 1 amide bonds. The Bertz CT molecular complexity index is 795. The summed E-state index contributed by atoms with van der Waals surface area (Å²) in [5.74, 6) is -0.735. The zero-order valence-corrected chi connectivity index (χ0v) is 17.4. The standard InChI is InChI=1S/C20H30F2N6O/c1-12-5-6-14(21)17(23-12)24-16-13-11-28(19(2,3)15(13)25-26-16)18(29)20(22)7-9-27(4)10-8-20/h5-6,13,15-16,25-26H,7-11H2,1-4H3,(H,23,24). The number of pyridine rings is 1. The van der Waals surface area contributed by atoms with Crippen LogP contribution >= 0.6 is 0 Å². The highest BCUT2D eigenvalue weighted by Crippen LogP contribution is 2.41. The summed E-state index contributed by atoms with van der Waals surface area (Å²) in [6, 6.07) is 2.91. The molecule has 9 heteroatoms. The quantitative estimate of drug-likeness (QED) is 0.703. The van der Waals surface area contributed by atoms with E-state index in [0.717, 1.165) is 0 Å². The van der Waals surface area contributed by atoms with E-state index in [2.05, 4.69) is 21.2 Å². The van der Waals surface area contributed by atoms with Gasteiger partial charge in [-0.3, -0.25) is 10.2 Å². The van der Waals surface area contributed by atoms with Crippen LogP contribution in [0.15, 0.2) is 12.1 Å². The SMILES string of the molecule is Cc1ccc(F)c(NC2NNC3C2CN(C(=O)C2(F)CCN(C)CC2)C3(C)C)n1. The monoisotopic (exact) mass is 408 g/mol. The lowest BCUT2D eigenvalue weighted by Crippen LogP contribution is -2.60. The van der Waals surface area contributed by atoms with E-state index in [4.69, 9.17) is 0 Å². The van der Waals surface area contributed by atoms with Crippen LogP contribution in [0, 0.1) is 18.7 Å². The Kier molecular flexibility index (Phi) is 5.03. The van der Waals surface area contributed by atoms with E-state index in [1.807, 2.05) is 25.8 Å². The summed E-state index contributed by atoms with van der Waals surface area (Å²) in [7, 11) is 1.94. The zero-order chi connectivity index (χ0) is 21.0. The Hall–Kier alpha value is -1.84. The van der Waals surface area contributed by atoms with Crippen LogP contribution < -0.4 is 16.2 Å². The highest BCUT2D eigenvalue weighted by molar-refractivity contribution is 5.86. The number of aromatic nitrogens is 1. The lowest BCUT2D eigenvalue weighted by molar-refractivity contribution is -0.151. The fourth-order valence-corrected chi connectivity index (χ4v) is 4.82. The Morgan fingerprint density at radius 2 is 1.97 bits per heavy atom. The number of piperidine rings is 1. The molecule has 4 heterocycles. The number of anilines is 1. The molecule has 0 radical (unpaired) electrons. The number of amides is 1. The molecule has 1 aromatic heterocycles. The number of alkyl halides is 1. The molecule has 3 N–H and O–H groups in total. The maximum absolute atomic E-state index is 15.5. The molecule has 7 nitrogen and oxygen atoms in total. The molecule has 29 heavy (non-hydrogen) atoms. The smallest absolute Gasteiger partial charge is 0.260 e. The molecule has 0 aromatic carbocycles. The topological polar surface area (TPSA) is 72.5 Å². The highest BCUT2D eigenvalue weighted by Gasteiger charge is 2.58. The number of rotatable bonds is 3. The molecule has 3 unspecified atom stereocenters. The van der Waals surface area contributed by atoms with Gasteiger partial charge in [0, 0.05) is 44.1 Å². The van der Waals surface area contributed by atoms with Crippen molar-refractivity contribution >= 4 is 11.7 Å². The summed E-state index contributed by atoms with van der Waals surface area (Å²) in [5.41, 5.74) is 4.71. The fraction of sp³-hybridized carbons (Fsp3) is 0.700. The second-order valence-electron chi connectivity index (χ2n) is 9.17. The molecule has 0 bridgehead atoms. The number of hydrazine groups is 1. The van der Waals surface area contributed by atoms with Crippen LogP contribution in [-0.4, -0.2) is 70.8 Å². The molecule has 1 aromatic rings. The molecule has 0 aliphatic carbocycles. The molecule has 3 aliphatic heterocycles. The summed E-state index contributed by atoms with van der Waals surface area (Å²) in [6.45, 7) is 7.25. The number of likely N-dealkylation sites (tertiary alicyclic amines) is 2. The third-order valence-corrected chi connectivity index (χ3v) is 6.79. The van der Waals surface area contributed by atoms with Crippen LogP contribution in [0.25, 0.3) is 0 Å². The van der Waals surface area contributed by atoms with Crippen molar-refractivity contribution < 1.29 is 13.6 Å². The van der Waals surface area contributed by atoms with Crippen molar-refractivity contribution in [1.82, 2.24) is 25.6 Å². The summed E-state index contributed by atoms with van der Waals surface area (Å²) < 4.78 is 29.7. The number of nitrogens with one attached hydrogen (secondary N) is 3. The first-order valence-electron chi connectivity index (χ1n) is 10.2. The van der Waals surface area contributed by atoms with Crippen molar-refractivity contribution in [3.8, 4) is 0 Å². The van der Waals surface area contributed by atoms with Gasteiger partial charge >= 0.3 is 0 Å². The molecule has 3 fully saturated rings. The number of nitrogens with zero attached hydrogens (tertiary/aromatic N) is 3. The lowest BCUT2D eigenvalue weighted by Gasteiger charge is -2.41. The number of carbonyl (C=O) groups excluding carboxylic acids is 1. The van der Waals surface area contributed by atoms with Crippen molar-refractivity contribution in [2.75, 3.05) is 32.0 Å². The van der Waals surface area contributed by atoms with E-state index in [1.54, 1.807) is 17.9 Å². The van der Waals surface area contributed by atoms with Gasteiger partial charge in [-0.05, 0) is 40.0 Å². The third kappa shape index (κ3) is 3.49. The van der Waals surface area contributed by atoms with Gasteiger partial charge in [-0.2, -0.15) is 0 Å². The predicted octanol–water partition coefficient (Wildman–Crippen LogP) is 1.41. The van der Waals surface area contributed by atoms with Crippen LogP contribution in [0.1, 0.15) is 32.4 Å². The summed E-state index contributed by atoms with van der Waals surface area (Å²) >= 11 is 0. The fourth-order valence-electron chi connectivity index (χ4n) is 4.82. The highest BCUT2D eigenvalue weighted by atomic mass is 19.1. The first kappa shape index (κ1) is 20.4. The van der Waals surface area contributed by atoms with E-state index in [-0.39, 0.29) is 36.8 Å². The van der Waals surface area contributed by atoms with Crippen molar-refractivity contribution in [2.45, 2.75) is 57.0 Å². The molecule has 3 aliphatic rings. The van der Waals surface area contributed by atoms with Crippen LogP contribution in [0.3, 0.4) is 0 Å². The zero-order valence-electron chi connectivity index (χ0n) is 17.4. The number of fused-ring (bicyclic) bond motifs is 1. The Balaban J connectivity index is 1.52. The van der Waals surface area contributed by atoms with Gasteiger partial charge in [-0.15, -0.1) is 0 Å². The minimum atomic E-state index is -1.82. The molecule has 0 saturated carbocycles. The Morgan fingerprint density at radius 3 is 2.66 bits per heavy atom. The number of halogens is 2. The second kappa shape index (κ2) is 7.14. The van der Waals surface area contributed by atoms with E-state index in [1.165, 1.54) is 6.07 Å². The van der Waals surface area contributed by atoms with Gasteiger partial charge in [0.15, 0.2) is 17.3 Å². The molecule has 0 spiro atoms. The average Bonchev–Trinajstić information content (AvgIpc) is 3.19. The number of aryl methyl sites for hydroxylation is 1. The van der Waals surface area contributed by atoms with E-state index in [9.17, 15) is 9.18 Å². The molecule has 160 valence electrons. The predicted molar refractivity (Wildman–Crippen MR) is 106 cm³/mol. The van der Waals surface area contributed by atoms with Gasteiger partial charge in [-0.1, -0.05) is 0 Å². The first-order chi connectivity index (χ1) is 13.6. The van der Waals surface area contributed by atoms with Crippen molar-refractivity contribution in [3.05, 3.63) is 23.6 Å². The van der Waals surface area contributed by atoms with Crippen LogP contribution in [-0.2, 0) is 4.79 Å². The third-order valence-electron chi connectivity index (χ3n) is 6.79. The minimum Gasteiger partial charge on any atom is -0.351 e. The minimum absolute atomic E-state index is 0.0504. The van der Waals surface area contributed by atoms with Gasteiger partial charge in [0.05, 0.1) is 17.7 Å². The summed E-state index contributed by atoms with van der Waals surface area (Å²) in [4.78, 5) is 21.2. The number of hydrogen-bond acceptors (Lipinski definition) is 6. The average molecular weight is 408 g/mol. The van der Waals surface area contributed by atoms with Crippen molar-refractivity contribution in [3.63, 3.8) is 0 Å². The van der Waals surface area contributed by atoms with Gasteiger partial charge in [0.25, 0.3) is 5.91 Å². The normalized spacial score (nSPS) is 31.0. The molecular formula is C20H30F2N6O. The van der Waals surface area contributed by atoms with Gasteiger partial charge in [-0.25, -0.2) is 19.2 Å². The maximum atomic E-state index is 15.5. The largest absolute Gasteiger partial charge is 0.351 e. The van der Waals surface area contributed by atoms with Crippen molar-refractivity contribution in [1.29, 1.82) is 0 Å². The number of hydrogen-bond donors (Lipinski definition) is 3. The second-order valence-corrected chi connectivity index (χ2v) is 9.17. The Labute approximate surface area is 170 Å². The van der Waals surface area contributed by atoms with Gasteiger partial charge in [0.2, 0.25) is 0 Å². The van der Waals surface area contributed by atoms with Crippen molar-refractivity contribution in [2.24, 2.45) is 5.92 Å². The van der Waals surface area contributed by atoms with E-state index in [0.29, 0.717) is 25.3 Å². The molecule has 3 saturated heterocycles. The first-order valence-corrected chi connectivity index (χ1v) is 10.2. The summed E-state index contributed by atoms with van der Waals surface area (Å²) in [6.07, 6.45) is 0.111. The van der Waals surface area contributed by atoms with Crippen LogP contribution in [0.2, 0.25) is 0 Å². The molecule has 3 atom stereocenters. The van der Waals surface area contributed by atoms with Gasteiger partial charge < -0.3 is 15.1 Å². The van der Waals surface area contributed by atoms with Crippen LogP contribution in [0.4, 0.5) is 14.6 Å². The number of carbonyl (C=O) groups is 1. The Morgan fingerprint density at radius 1 is 1.28 bits per heavy atom. The molecule has 4 rings (SSSR count).